The predicted molar refractivity (Wildman–Crippen MR) is 460 cm³/mol. The van der Waals surface area contributed by atoms with Crippen LogP contribution in [0.1, 0.15) is 48.5 Å². The Morgan fingerprint density at radius 1 is 0.264 bits per heavy atom. The fraction of sp³-hybridized carbons (Fsp3) is 0.938. The summed E-state index contributed by atoms with van der Waals surface area (Å²) in [5, 5.41) is 278. The second-order valence-corrected chi connectivity index (χ2v) is 41.5. The largest absolute Gasteiger partial charge is 0.472 e. The third kappa shape index (κ3) is 30.7. The molecule has 0 saturated carbocycles. The SMILES string of the molecule is CC(=O)N[C@@H]1[C@@H](O)[C@H](O[C@@H]2O[C@H](CO)[C@@H](O[C@@H]3O[C@H](CO[C@H]4O[C@H](CO)[C@@H](O)[C@H](O)[C@@H]4O[C@@H]4O[C@H](COP(=O)(O)OCC[N+](C)(C)C)[C@@H](O)[C@H](O)[C@H]4NC(C)=O)[C@@H](O)[C@H](O[C@H]4O[C@H](CO)[C@@H](O)[C@H](O)[C@@H]4O[C@@H]4O[C@H](COP(=O)(O)OCC[N+](C)(C)C)[C@@H](O[C@@H]5O[C@H](CO)[C@H](O)[C@H](O)[C@H]5NC(C)=O)[C@H](O[C@@H]5O[C@@H](C)[C@@H](O)[C@@H](O)[C@@H]5O)[C@H]4NC(C)=O)[C@@H]3O)[C@H](O)[C@H]2NC(C)=O)[C@@H](CO[C@@H]2O[C@@H](C)[C@@H](O)[C@@H](O)[C@@H]2O)O[C@H]1O. The Balaban J connectivity index is 1.07. The zero-order chi connectivity index (χ0) is 107. The number of ether oxygens (including phenoxy) is 19. The molecule has 2 unspecified atom stereocenters. The number of phosphoric acid groups is 2. The van der Waals surface area contributed by atoms with Crippen molar-refractivity contribution in [3.05, 3.63) is 0 Å². The molecule has 0 spiro atoms. The first kappa shape index (κ1) is 122. The highest BCUT2D eigenvalue weighted by Crippen LogP contribution is 2.48. The van der Waals surface area contributed by atoms with Crippen molar-refractivity contribution in [2.75, 3.05) is 121 Å². The van der Waals surface area contributed by atoms with Crippen molar-refractivity contribution in [2.24, 2.45) is 0 Å². The van der Waals surface area contributed by atoms with Gasteiger partial charge in [-0.1, -0.05) is 0 Å². The van der Waals surface area contributed by atoms with E-state index in [0.29, 0.717) is 0 Å². The van der Waals surface area contributed by atoms with Gasteiger partial charge in [-0.05, 0) is 13.8 Å². The lowest BCUT2D eigenvalue weighted by Crippen LogP contribution is -2.72. The standard InChI is InChI=1S/C80H141N7O55P2/c1-26-46(97)57(108)61(112)76(126-26)120-23-39-65(55(106)41(71(115)128-39)81-28(3)92)136-74-44(84-31(6)95)56(107)64(36(21-91)132-74)137-78-63(114)68(52(103)37(134-78)22-121-79-69(59(110)49(100)34(19-89)130-79)141-73-43(83-30(5)94)54(105)51(102)38(133-73)24-124-143(116,117)122-16-14-86(8,9)10)140-80-70(60(111)50(101)35(20-90)131-80)142-75-45(85-32(7)96)67(139-77-62(113)58(109)47(98)27(2)127-77)66(40(135-75)25-125-144(118,119)123-17-15-87(11,12)13)138-72-42(82-29(4)93)53(104)48(99)33(18-88)129-72/h26-27,33-80,88-91,97-115H,14-25H2,1-13H3,(H5-2,81,82,83,84,85,92,93,94,95,96,116,117,118,119)/p+2/t26-,27-,33+,34+,35+,36+,37+,38+,39+,40+,41+,42+,43+,44+,45+,46+,47+,48-,49+,50+,51+,52+,53+,54+,55+,56+,57+,58+,59-,60-,61-,62-,63-,64+,65+,66+,67+,68-,69-,70-,71+,72-,73-,74-,75-,76+,77-,78-,79-,80+/m0/s1. The summed E-state index contributed by atoms with van der Waals surface area (Å²) in [5.41, 5.74) is 0. The predicted octanol–water partition coefficient (Wildman–Crippen LogP) is -18.3. The van der Waals surface area contributed by atoms with Crippen molar-refractivity contribution in [1.29, 1.82) is 0 Å². The van der Waals surface area contributed by atoms with Crippen LogP contribution in [-0.2, 0) is 141 Å². The van der Waals surface area contributed by atoms with E-state index >= 15 is 0 Å². The van der Waals surface area contributed by atoms with Crippen LogP contribution in [0.4, 0.5) is 0 Å². The normalized spacial score (nSPS) is 45.0. The molecule has 0 aromatic rings. The average Bonchev–Trinajstić information content (AvgIpc) is 0.750. The number of nitrogens with zero attached hydrogens (tertiary/aromatic N) is 2. The first-order valence-corrected chi connectivity index (χ1v) is 49.2. The number of quaternary nitrogens is 2. The van der Waals surface area contributed by atoms with Gasteiger partial charge in [0, 0.05) is 34.6 Å². The molecule has 10 saturated heterocycles. The maximum Gasteiger partial charge on any atom is 0.472 e. The van der Waals surface area contributed by atoms with Crippen LogP contribution in [0.2, 0.25) is 0 Å². The molecule has 10 fully saturated rings. The van der Waals surface area contributed by atoms with Crippen LogP contribution in [0.15, 0.2) is 0 Å². The lowest BCUT2D eigenvalue weighted by Gasteiger charge is -2.52. The quantitative estimate of drug-likeness (QED) is 0.0199. The van der Waals surface area contributed by atoms with Gasteiger partial charge < -0.3 is 253 Å². The zero-order valence-electron chi connectivity index (χ0n) is 80.6. The smallest absolute Gasteiger partial charge is 0.394 e. The summed E-state index contributed by atoms with van der Waals surface area (Å²) < 4.78 is 166. The van der Waals surface area contributed by atoms with E-state index in [9.17, 15) is 160 Å². The van der Waals surface area contributed by atoms with Gasteiger partial charge in [0.1, 0.15) is 258 Å². The minimum absolute atomic E-state index is 0.0401. The molecule has 10 aliphatic rings. The van der Waals surface area contributed by atoms with E-state index in [1.54, 1.807) is 42.3 Å². The summed E-state index contributed by atoms with van der Waals surface area (Å²) in [6.45, 7) is -3.06. The van der Waals surface area contributed by atoms with Gasteiger partial charge in [-0.15, -0.1) is 0 Å². The van der Waals surface area contributed by atoms with Crippen LogP contribution in [0.25, 0.3) is 0 Å². The lowest BCUT2D eigenvalue weighted by atomic mass is 9.93. The molecule has 10 aliphatic heterocycles. The number of likely N-dealkylation sites (N-methyl/N-ethyl adjacent to an activating group) is 2. The third-order valence-corrected chi connectivity index (χ3v) is 27.2. The molecular formula is C80H143N7O55P2+2. The van der Waals surface area contributed by atoms with Gasteiger partial charge in [0.15, 0.2) is 62.9 Å². The molecule has 0 aromatic heterocycles. The summed E-state index contributed by atoms with van der Waals surface area (Å²) >= 11 is 0. The van der Waals surface area contributed by atoms with Crippen molar-refractivity contribution >= 4 is 45.2 Å². The highest BCUT2D eigenvalue weighted by Gasteiger charge is 2.63. The summed E-state index contributed by atoms with van der Waals surface area (Å²) in [7, 11) is -0.175. The molecule has 52 atom stereocenters. The second-order valence-electron chi connectivity index (χ2n) is 38.6. The Kier molecular flexibility index (Phi) is 44.1. The average molecular weight is 2140 g/mol. The van der Waals surface area contributed by atoms with E-state index in [1.165, 1.54) is 13.8 Å². The highest BCUT2D eigenvalue weighted by atomic mass is 31.2. The van der Waals surface area contributed by atoms with Gasteiger partial charge in [-0.25, -0.2) is 9.13 Å². The number of nitrogens with one attached hydrogen (secondary N) is 5. The van der Waals surface area contributed by atoms with Crippen LogP contribution in [0.3, 0.4) is 0 Å². The number of aliphatic hydroxyl groups is 23. The Hall–Kier alpha value is -4.19. The number of carbonyl (C=O) groups is 5. The number of phosphoric ester groups is 2. The molecule has 5 amide bonds. The molecule has 0 bridgehead atoms. The fourth-order valence-electron chi connectivity index (χ4n) is 17.4. The molecule has 836 valence electrons. The molecular weight excluding hydrogens is 2000 g/mol. The Morgan fingerprint density at radius 2 is 0.569 bits per heavy atom. The monoisotopic (exact) mass is 2140 g/mol. The zero-order valence-corrected chi connectivity index (χ0v) is 82.4. The van der Waals surface area contributed by atoms with Gasteiger partial charge in [0.2, 0.25) is 29.5 Å². The minimum Gasteiger partial charge on any atom is -0.394 e. The van der Waals surface area contributed by atoms with Crippen LogP contribution >= 0.6 is 15.6 Å². The highest BCUT2D eigenvalue weighted by molar-refractivity contribution is 7.47. The Labute approximate surface area is 823 Å². The number of amides is 5. The lowest BCUT2D eigenvalue weighted by molar-refractivity contribution is -0.870. The fourth-order valence-corrected chi connectivity index (χ4v) is 18.8. The van der Waals surface area contributed by atoms with Crippen molar-refractivity contribution in [3.63, 3.8) is 0 Å². The van der Waals surface area contributed by atoms with Crippen LogP contribution in [-0.4, -0.2) is 594 Å². The molecule has 144 heavy (non-hydrogen) atoms. The van der Waals surface area contributed by atoms with E-state index in [2.05, 4.69) is 26.6 Å². The number of carbonyl (C=O) groups excluding carboxylic acids is 5. The van der Waals surface area contributed by atoms with Crippen molar-refractivity contribution < 1.29 is 277 Å². The van der Waals surface area contributed by atoms with E-state index < -0.39 is 411 Å². The number of hydrogen-bond donors (Lipinski definition) is 30. The summed E-state index contributed by atoms with van der Waals surface area (Å²) in [5.74, 6) is -4.89. The third-order valence-electron chi connectivity index (χ3n) is 25.3. The van der Waals surface area contributed by atoms with Crippen molar-refractivity contribution in [1.82, 2.24) is 26.6 Å². The van der Waals surface area contributed by atoms with E-state index in [4.69, 9.17) is 108 Å². The summed E-state index contributed by atoms with van der Waals surface area (Å²) in [6.07, 6.45) is -98.0. The van der Waals surface area contributed by atoms with Gasteiger partial charge in [0.05, 0.1) is 107 Å². The first-order chi connectivity index (χ1) is 67.2. The molecule has 10 heterocycles. The van der Waals surface area contributed by atoms with Gasteiger partial charge >= 0.3 is 15.6 Å². The van der Waals surface area contributed by atoms with E-state index in [1.807, 2.05) is 0 Å². The van der Waals surface area contributed by atoms with Crippen LogP contribution < -0.4 is 26.6 Å². The minimum atomic E-state index is -5.40. The van der Waals surface area contributed by atoms with Gasteiger partial charge in [0.25, 0.3) is 0 Å². The number of hydrogen-bond acceptors (Lipinski definition) is 53. The maximum atomic E-state index is 14.1. The van der Waals surface area contributed by atoms with E-state index in [0.717, 1.165) is 34.6 Å². The molecule has 10 rings (SSSR count). The maximum absolute atomic E-state index is 14.1. The van der Waals surface area contributed by atoms with E-state index in [-0.39, 0.29) is 28.7 Å². The summed E-state index contributed by atoms with van der Waals surface area (Å²) in [6, 6.07) is -9.96. The second kappa shape index (κ2) is 52.2. The molecule has 0 aromatic carbocycles. The van der Waals surface area contributed by atoms with Crippen molar-refractivity contribution in [2.45, 2.75) is 355 Å². The van der Waals surface area contributed by atoms with Gasteiger partial charge in [-0.2, -0.15) is 0 Å². The van der Waals surface area contributed by atoms with Crippen LogP contribution in [0.5, 0.6) is 0 Å². The Bertz CT molecular complexity index is 4160. The molecule has 62 nitrogen and oxygen atoms in total. The van der Waals surface area contributed by atoms with Gasteiger partial charge in [-0.3, -0.25) is 42.1 Å². The molecule has 0 aliphatic carbocycles. The Morgan fingerprint density at radius 3 is 1.05 bits per heavy atom. The molecule has 30 N–H and O–H groups in total. The molecule has 64 heteroatoms. The van der Waals surface area contributed by atoms with Crippen LogP contribution in [0, 0.1) is 0 Å². The number of aliphatic hydroxyl groups excluding tert-OH is 23. The van der Waals surface area contributed by atoms with Crippen molar-refractivity contribution in [3.8, 4) is 0 Å². The topological polar surface area (TPSA) is 898 Å². The summed E-state index contributed by atoms with van der Waals surface area (Å²) in [4.78, 5) is 88.0. The number of rotatable bonds is 43. The molecule has 0 radical (unpaired) electrons. The first-order valence-electron chi connectivity index (χ1n) is 46.2.